The molecule has 0 aliphatic heterocycles. The summed E-state index contributed by atoms with van der Waals surface area (Å²) in [4.78, 5) is 12.6. The number of ether oxygens (including phenoxy) is 2. The second-order valence-corrected chi connectivity index (χ2v) is 9.18. The van der Waals surface area contributed by atoms with Crippen LogP contribution in [0.5, 0.6) is 17.2 Å². The molecule has 3 rings (SSSR count). The molecule has 0 saturated carbocycles. The van der Waals surface area contributed by atoms with Crippen molar-refractivity contribution in [1.29, 1.82) is 0 Å². The van der Waals surface area contributed by atoms with Crippen molar-refractivity contribution in [2.24, 2.45) is 5.14 Å². The third-order valence-corrected chi connectivity index (χ3v) is 5.93. The zero-order valence-electron chi connectivity index (χ0n) is 18.1. The zero-order valence-corrected chi connectivity index (χ0v) is 19.6. The molecule has 0 heterocycles. The van der Waals surface area contributed by atoms with E-state index in [-0.39, 0.29) is 21.4 Å². The Labute approximate surface area is 206 Å². The van der Waals surface area contributed by atoms with Crippen LogP contribution in [-0.4, -0.2) is 27.6 Å². The Hall–Kier alpha value is -3.42. The van der Waals surface area contributed by atoms with Crippen LogP contribution in [0.15, 0.2) is 65.6 Å². The van der Waals surface area contributed by atoms with Gasteiger partial charge in [-0.3, -0.25) is 4.79 Å². The summed E-state index contributed by atoms with van der Waals surface area (Å²) in [5.41, 5.74) is -1.99. The number of anilines is 1. The number of methoxy groups -OCH3 is 1. The van der Waals surface area contributed by atoms with Crippen molar-refractivity contribution in [3.05, 3.63) is 76.8 Å². The van der Waals surface area contributed by atoms with Gasteiger partial charge in [-0.25, -0.2) is 13.6 Å². The molecule has 192 valence electrons. The molecule has 3 aromatic rings. The molecule has 0 atom stereocenters. The van der Waals surface area contributed by atoms with E-state index >= 15 is 0 Å². The van der Waals surface area contributed by atoms with E-state index in [2.05, 4.69) is 5.32 Å². The number of nitrogens with two attached hydrogens (primary N) is 1. The molecule has 0 radical (unpaired) electrons. The molecule has 14 heteroatoms. The van der Waals surface area contributed by atoms with Gasteiger partial charge in [0.05, 0.1) is 22.6 Å². The average molecular weight is 551 g/mol. The summed E-state index contributed by atoms with van der Waals surface area (Å²) in [6, 6.07) is 10.2. The Kier molecular flexibility index (Phi) is 7.48. The molecule has 0 spiro atoms. The van der Waals surface area contributed by atoms with E-state index in [0.29, 0.717) is 23.9 Å². The van der Waals surface area contributed by atoms with Crippen LogP contribution < -0.4 is 19.9 Å². The van der Waals surface area contributed by atoms with E-state index in [9.17, 15) is 35.2 Å². The van der Waals surface area contributed by atoms with Crippen molar-refractivity contribution in [3.8, 4) is 17.2 Å². The van der Waals surface area contributed by atoms with Gasteiger partial charge in [0, 0.05) is 17.3 Å². The molecule has 0 fully saturated rings. The maximum Gasteiger partial charge on any atom is 0.458 e. The smallest absolute Gasteiger partial charge is 0.458 e. The summed E-state index contributed by atoms with van der Waals surface area (Å²) in [6.07, 6.45) is -5.92. The van der Waals surface area contributed by atoms with E-state index in [1.165, 1.54) is 43.5 Å². The van der Waals surface area contributed by atoms with Crippen LogP contribution in [0.3, 0.4) is 0 Å². The van der Waals surface area contributed by atoms with Crippen LogP contribution in [-0.2, 0) is 15.9 Å². The third-order valence-electron chi connectivity index (χ3n) is 4.72. The lowest BCUT2D eigenvalue weighted by Crippen LogP contribution is -2.33. The first kappa shape index (κ1) is 27.2. The molecular weight excluding hydrogens is 535 g/mol. The molecule has 3 aromatic carbocycles. The van der Waals surface area contributed by atoms with Crippen molar-refractivity contribution in [1.82, 2.24) is 0 Å². The molecule has 36 heavy (non-hydrogen) atoms. The highest BCUT2D eigenvalue weighted by Gasteiger charge is 2.58. The van der Waals surface area contributed by atoms with Crippen LogP contribution in [0.1, 0.15) is 15.9 Å². The first-order chi connectivity index (χ1) is 16.6. The summed E-state index contributed by atoms with van der Waals surface area (Å²) in [5, 5.41) is 7.29. The summed E-state index contributed by atoms with van der Waals surface area (Å²) >= 11 is 6.08. The number of hydrogen-bond donors (Lipinski definition) is 2. The zero-order chi connectivity index (χ0) is 26.9. The first-order valence-corrected chi connectivity index (χ1v) is 11.6. The highest BCUT2D eigenvalue weighted by atomic mass is 35.5. The molecule has 0 aromatic heterocycles. The Balaban J connectivity index is 2.06. The van der Waals surface area contributed by atoms with Crippen LogP contribution in [0, 0.1) is 0 Å². The third kappa shape index (κ3) is 5.86. The Bertz CT molecular complexity index is 1410. The predicted octanol–water partition coefficient (Wildman–Crippen LogP) is 5.69. The quantitative estimate of drug-likeness (QED) is 0.367. The molecule has 0 bridgehead atoms. The second kappa shape index (κ2) is 9.91. The lowest BCUT2D eigenvalue weighted by atomic mass is 10.0. The van der Waals surface area contributed by atoms with E-state index in [0.717, 1.165) is 6.07 Å². The minimum Gasteiger partial charge on any atom is -0.497 e. The lowest BCUT2D eigenvalue weighted by Gasteiger charge is -2.21. The van der Waals surface area contributed by atoms with Gasteiger partial charge in [0.15, 0.2) is 0 Å². The van der Waals surface area contributed by atoms with E-state index in [1.807, 2.05) is 0 Å². The SMILES string of the molecule is COc1ccc(Oc2cc(C(F)(F)C(F)(F)F)ccc2C(=O)Nc2cccc(S(N)(=O)=O)c2)c(Cl)c1. The Morgan fingerprint density at radius 1 is 0.972 bits per heavy atom. The van der Waals surface area contributed by atoms with Gasteiger partial charge in [-0.05, 0) is 42.5 Å². The molecule has 7 nitrogen and oxygen atoms in total. The number of hydrogen-bond acceptors (Lipinski definition) is 5. The number of sulfonamides is 1. The van der Waals surface area contributed by atoms with Gasteiger partial charge in [-0.2, -0.15) is 22.0 Å². The standard InChI is InChI=1S/C22H16ClF5N2O5S/c1-34-14-6-8-18(17(23)11-14)35-19-9-12(21(24,25)22(26,27)28)5-7-16(19)20(31)30-13-3-2-4-15(10-13)36(29,32)33/h2-11H,1H3,(H,30,31)(H2,29,32,33). The number of rotatable bonds is 7. The lowest BCUT2D eigenvalue weighted by molar-refractivity contribution is -0.289. The van der Waals surface area contributed by atoms with Crippen LogP contribution in [0.25, 0.3) is 0 Å². The van der Waals surface area contributed by atoms with E-state index < -0.39 is 44.9 Å². The minimum atomic E-state index is -5.92. The van der Waals surface area contributed by atoms with Gasteiger partial charge < -0.3 is 14.8 Å². The fraction of sp³-hybridized carbons (Fsp3) is 0.136. The van der Waals surface area contributed by atoms with Crippen LogP contribution in [0.2, 0.25) is 5.02 Å². The number of carbonyl (C=O) groups is 1. The monoisotopic (exact) mass is 550 g/mol. The molecule has 3 N–H and O–H groups in total. The minimum absolute atomic E-state index is 0.0512. The van der Waals surface area contributed by atoms with E-state index in [1.54, 1.807) is 0 Å². The highest BCUT2D eigenvalue weighted by molar-refractivity contribution is 7.89. The van der Waals surface area contributed by atoms with Crippen LogP contribution in [0.4, 0.5) is 27.6 Å². The Morgan fingerprint density at radius 2 is 1.67 bits per heavy atom. The number of carbonyl (C=O) groups excluding carboxylic acids is 1. The number of benzene rings is 3. The van der Waals surface area contributed by atoms with E-state index in [4.69, 9.17) is 26.2 Å². The largest absolute Gasteiger partial charge is 0.497 e. The second-order valence-electron chi connectivity index (χ2n) is 7.21. The van der Waals surface area contributed by atoms with Gasteiger partial charge in [0.1, 0.15) is 17.2 Å². The fourth-order valence-electron chi connectivity index (χ4n) is 2.91. The maximum absolute atomic E-state index is 14.0. The number of primary sulfonamides is 1. The van der Waals surface area contributed by atoms with Gasteiger partial charge in [-0.15, -0.1) is 0 Å². The molecule has 1 amide bonds. The average Bonchev–Trinajstić information content (AvgIpc) is 2.79. The summed E-state index contributed by atoms with van der Waals surface area (Å²) < 4.78 is 100. The predicted molar refractivity (Wildman–Crippen MR) is 120 cm³/mol. The normalized spacial score (nSPS) is 12.2. The van der Waals surface area contributed by atoms with Gasteiger partial charge in [0.25, 0.3) is 5.91 Å². The van der Waals surface area contributed by atoms with Gasteiger partial charge >= 0.3 is 12.1 Å². The number of nitrogens with one attached hydrogen (secondary N) is 1. The van der Waals surface area contributed by atoms with Crippen molar-refractivity contribution >= 4 is 33.2 Å². The number of alkyl halides is 5. The van der Waals surface area contributed by atoms with Gasteiger partial charge in [-0.1, -0.05) is 23.7 Å². The fourth-order valence-corrected chi connectivity index (χ4v) is 3.68. The number of amides is 1. The molecule has 0 aliphatic rings. The van der Waals surface area contributed by atoms with Crippen molar-refractivity contribution in [3.63, 3.8) is 0 Å². The Morgan fingerprint density at radius 3 is 2.25 bits per heavy atom. The van der Waals surface area contributed by atoms with Gasteiger partial charge in [0.2, 0.25) is 10.0 Å². The molecule has 0 saturated heterocycles. The molecule has 0 aliphatic carbocycles. The summed E-state index contributed by atoms with van der Waals surface area (Å²) in [6.45, 7) is 0. The highest BCUT2D eigenvalue weighted by Crippen LogP contribution is 2.45. The number of halogens is 6. The maximum atomic E-state index is 14.0. The van der Waals surface area contributed by atoms with Crippen molar-refractivity contribution < 1.29 is 44.6 Å². The summed E-state index contributed by atoms with van der Waals surface area (Å²) in [7, 11) is -2.76. The van der Waals surface area contributed by atoms with Crippen molar-refractivity contribution in [2.75, 3.05) is 12.4 Å². The van der Waals surface area contributed by atoms with Crippen molar-refractivity contribution in [2.45, 2.75) is 17.0 Å². The molecule has 0 unspecified atom stereocenters. The summed E-state index contributed by atoms with van der Waals surface area (Å²) in [5.74, 6) is -6.81. The van der Waals surface area contributed by atoms with Crippen LogP contribution >= 0.6 is 11.6 Å². The topological polar surface area (TPSA) is 108 Å². The molecular formula is C22H16ClF5N2O5S. The first-order valence-electron chi connectivity index (χ1n) is 9.68.